The van der Waals surface area contributed by atoms with Gasteiger partial charge in [-0.1, -0.05) is 12.2 Å². The molecule has 0 saturated carbocycles. The summed E-state index contributed by atoms with van der Waals surface area (Å²) in [6, 6.07) is 4.26. The van der Waals surface area contributed by atoms with E-state index in [1.54, 1.807) is 18.4 Å². The molecule has 0 atom stereocenters. The zero-order valence-electron chi connectivity index (χ0n) is 9.54. The van der Waals surface area contributed by atoms with Gasteiger partial charge in [0.1, 0.15) is 0 Å². The molecule has 1 heterocycles. The first kappa shape index (κ1) is 13.9. The zero-order chi connectivity index (χ0) is 11.6. The quantitative estimate of drug-likeness (QED) is 0.588. The Balaban J connectivity index is 2.00. The second-order valence-corrected chi connectivity index (χ2v) is 5.96. The van der Waals surface area contributed by atoms with Crippen LogP contribution in [0, 0.1) is 0 Å². The summed E-state index contributed by atoms with van der Waals surface area (Å²) in [5, 5.41) is 3.31. The van der Waals surface area contributed by atoms with Crippen LogP contribution >= 0.6 is 27.3 Å². The molecule has 0 saturated heterocycles. The van der Waals surface area contributed by atoms with Gasteiger partial charge in [0.2, 0.25) is 0 Å². The summed E-state index contributed by atoms with van der Waals surface area (Å²) in [6.45, 7) is 2.74. The van der Waals surface area contributed by atoms with Gasteiger partial charge in [0.05, 0.1) is 10.4 Å². The monoisotopic (exact) mass is 303 g/mol. The van der Waals surface area contributed by atoms with E-state index in [9.17, 15) is 0 Å². The number of rotatable bonds is 8. The normalized spacial score (nSPS) is 11.4. The Morgan fingerprint density at radius 2 is 2.25 bits per heavy atom. The maximum Gasteiger partial charge on any atom is 0.0701 e. The standard InChI is InChI=1S/C12H18BrNOS/c1-15-10-9-14-8-4-2-3-5-11-6-7-12(13)16-11/h2-3,6-7,14H,4-5,8-10H2,1H3. The fourth-order valence-electron chi connectivity index (χ4n) is 1.26. The van der Waals surface area contributed by atoms with Crippen molar-refractivity contribution in [3.05, 3.63) is 32.9 Å². The van der Waals surface area contributed by atoms with Crippen LogP contribution in [0.15, 0.2) is 28.1 Å². The van der Waals surface area contributed by atoms with Gasteiger partial charge in [-0.15, -0.1) is 11.3 Å². The van der Waals surface area contributed by atoms with Gasteiger partial charge in [-0.3, -0.25) is 0 Å². The van der Waals surface area contributed by atoms with Crippen LogP contribution in [0.2, 0.25) is 0 Å². The predicted molar refractivity (Wildman–Crippen MR) is 74.2 cm³/mol. The van der Waals surface area contributed by atoms with Crippen molar-refractivity contribution in [2.45, 2.75) is 12.8 Å². The zero-order valence-corrected chi connectivity index (χ0v) is 11.9. The number of ether oxygens (including phenoxy) is 1. The molecule has 0 fully saturated rings. The fraction of sp³-hybridized carbons (Fsp3) is 0.500. The summed E-state index contributed by atoms with van der Waals surface area (Å²) < 4.78 is 6.15. The lowest BCUT2D eigenvalue weighted by molar-refractivity contribution is 0.199. The molecule has 0 spiro atoms. The molecular weight excluding hydrogens is 286 g/mol. The number of allylic oxidation sites excluding steroid dienone is 1. The van der Waals surface area contributed by atoms with Crippen LogP contribution in [0.1, 0.15) is 11.3 Å². The third kappa shape index (κ3) is 6.43. The largest absolute Gasteiger partial charge is 0.383 e. The molecule has 16 heavy (non-hydrogen) atoms. The average molecular weight is 304 g/mol. The highest BCUT2D eigenvalue weighted by atomic mass is 79.9. The Bertz CT molecular complexity index is 312. The summed E-state index contributed by atoms with van der Waals surface area (Å²) in [6.07, 6.45) is 6.58. The fourth-order valence-corrected chi connectivity index (χ4v) is 2.72. The van der Waals surface area contributed by atoms with E-state index >= 15 is 0 Å². The lowest BCUT2D eigenvalue weighted by Gasteiger charge is -2.00. The second-order valence-electron chi connectivity index (χ2n) is 3.41. The molecule has 2 nitrogen and oxygen atoms in total. The molecule has 1 N–H and O–H groups in total. The maximum absolute atomic E-state index is 4.95. The van der Waals surface area contributed by atoms with Crippen LogP contribution < -0.4 is 5.32 Å². The highest BCUT2D eigenvalue weighted by Crippen LogP contribution is 2.22. The van der Waals surface area contributed by atoms with E-state index in [1.807, 2.05) is 0 Å². The topological polar surface area (TPSA) is 21.3 Å². The Kier molecular flexibility index (Phi) is 7.76. The van der Waals surface area contributed by atoms with E-state index in [1.165, 1.54) is 8.66 Å². The average Bonchev–Trinajstić information content (AvgIpc) is 2.68. The van der Waals surface area contributed by atoms with Gasteiger partial charge in [-0.25, -0.2) is 0 Å². The third-order valence-corrected chi connectivity index (χ3v) is 3.73. The van der Waals surface area contributed by atoms with E-state index in [2.05, 4.69) is 45.5 Å². The summed E-state index contributed by atoms with van der Waals surface area (Å²) in [5.74, 6) is 0. The van der Waals surface area contributed by atoms with Crippen molar-refractivity contribution < 1.29 is 4.74 Å². The minimum Gasteiger partial charge on any atom is -0.383 e. The molecule has 1 aromatic heterocycles. The number of hydrogen-bond donors (Lipinski definition) is 1. The first-order chi connectivity index (χ1) is 7.83. The van der Waals surface area contributed by atoms with Crippen molar-refractivity contribution in [3.63, 3.8) is 0 Å². The molecule has 0 aliphatic carbocycles. The summed E-state index contributed by atoms with van der Waals surface area (Å²) in [5.41, 5.74) is 0. The predicted octanol–water partition coefficient (Wildman–Crippen LogP) is 3.24. The minimum absolute atomic E-state index is 0.785. The molecule has 4 heteroatoms. The van der Waals surface area contributed by atoms with Gasteiger partial charge in [-0.2, -0.15) is 0 Å². The van der Waals surface area contributed by atoms with Gasteiger partial charge in [0.25, 0.3) is 0 Å². The van der Waals surface area contributed by atoms with Crippen LogP contribution in [0.5, 0.6) is 0 Å². The van der Waals surface area contributed by atoms with Crippen molar-refractivity contribution in [1.82, 2.24) is 5.32 Å². The van der Waals surface area contributed by atoms with Crippen LogP contribution in [-0.2, 0) is 11.2 Å². The SMILES string of the molecule is COCCNCCC=CCc1ccc(Br)s1. The Morgan fingerprint density at radius 1 is 1.38 bits per heavy atom. The molecule has 0 aliphatic heterocycles. The van der Waals surface area contributed by atoms with E-state index in [0.29, 0.717) is 0 Å². The highest BCUT2D eigenvalue weighted by molar-refractivity contribution is 9.11. The summed E-state index contributed by atoms with van der Waals surface area (Å²) in [7, 11) is 1.72. The van der Waals surface area contributed by atoms with Crippen molar-refractivity contribution in [1.29, 1.82) is 0 Å². The molecule has 90 valence electrons. The maximum atomic E-state index is 4.95. The van der Waals surface area contributed by atoms with Crippen molar-refractivity contribution in [2.24, 2.45) is 0 Å². The van der Waals surface area contributed by atoms with E-state index in [0.717, 1.165) is 32.5 Å². The molecule has 0 aromatic carbocycles. The van der Waals surface area contributed by atoms with Crippen molar-refractivity contribution in [3.8, 4) is 0 Å². The first-order valence-corrected chi connectivity index (χ1v) is 7.02. The van der Waals surface area contributed by atoms with Gasteiger partial charge in [-0.05, 0) is 47.4 Å². The Morgan fingerprint density at radius 3 is 2.94 bits per heavy atom. The van der Waals surface area contributed by atoms with Gasteiger partial charge in [0.15, 0.2) is 0 Å². The van der Waals surface area contributed by atoms with Gasteiger partial charge in [0, 0.05) is 18.5 Å². The Labute approximate surface area is 110 Å². The van der Waals surface area contributed by atoms with Gasteiger partial charge >= 0.3 is 0 Å². The first-order valence-electron chi connectivity index (χ1n) is 5.42. The number of thiophene rings is 1. The molecular formula is C12H18BrNOS. The molecule has 0 amide bonds. The van der Waals surface area contributed by atoms with Crippen molar-refractivity contribution in [2.75, 3.05) is 26.8 Å². The van der Waals surface area contributed by atoms with Crippen LogP contribution in [-0.4, -0.2) is 26.8 Å². The summed E-state index contributed by atoms with van der Waals surface area (Å²) >= 11 is 5.26. The van der Waals surface area contributed by atoms with E-state index in [4.69, 9.17) is 4.74 Å². The third-order valence-electron chi connectivity index (χ3n) is 2.09. The highest BCUT2D eigenvalue weighted by Gasteiger charge is 1.93. The van der Waals surface area contributed by atoms with E-state index < -0.39 is 0 Å². The number of hydrogen-bond acceptors (Lipinski definition) is 3. The van der Waals surface area contributed by atoms with Gasteiger partial charge < -0.3 is 10.1 Å². The Hall–Kier alpha value is -0.160. The minimum atomic E-state index is 0.785. The molecule has 0 radical (unpaired) electrons. The molecule has 0 aliphatic rings. The lowest BCUT2D eigenvalue weighted by atomic mass is 10.3. The lowest BCUT2D eigenvalue weighted by Crippen LogP contribution is -2.19. The molecule has 1 rings (SSSR count). The molecule has 1 aromatic rings. The number of nitrogens with one attached hydrogen (secondary N) is 1. The molecule has 0 bridgehead atoms. The smallest absolute Gasteiger partial charge is 0.0701 e. The molecule has 0 unspecified atom stereocenters. The van der Waals surface area contributed by atoms with Crippen LogP contribution in [0.4, 0.5) is 0 Å². The summed E-state index contributed by atoms with van der Waals surface area (Å²) in [4.78, 5) is 1.40. The number of methoxy groups -OCH3 is 1. The van der Waals surface area contributed by atoms with Crippen LogP contribution in [0.25, 0.3) is 0 Å². The van der Waals surface area contributed by atoms with E-state index in [-0.39, 0.29) is 0 Å². The van der Waals surface area contributed by atoms with Crippen LogP contribution in [0.3, 0.4) is 0 Å². The second kappa shape index (κ2) is 8.93. The number of halogens is 1. The van der Waals surface area contributed by atoms with Crippen molar-refractivity contribution >= 4 is 27.3 Å².